The Labute approximate surface area is 283 Å². The van der Waals surface area contributed by atoms with E-state index in [1.165, 1.54) is 43.2 Å². The Hall–Kier alpha value is -1.52. The summed E-state index contributed by atoms with van der Waals surface area (Å²) in [5.41, 5.74) is 5.96. The van der Waals surface area contributed by atoms with Gasteiger partial charge in [0, 0.05) is 23.4 Å². The average Bonchev–Trinajstić information content (AvgIpc) is 2.83. The summed E-state index contributed by atoms with van der Waals surface area (Å²) in [6, 6.07) is 8.79. The molecule has 2 N–H and O–H groups in total. The molecule has 0 aliphatic heterocycles. The maximum absolute atomic E-state index is 10.8. The standard InChI is InChI=1S/C21H33NO.C15H22NO.2ClH.Mn/c1-20(2,3)16-12-15(14-22-17-10-8-7-9-11-17)19(23)18(13-16)21(4,5)6;1-14(2,3)11-7-10(9-16)13(17)12(8-11)15(4,5)6;;;/h12-14,17,23H,7-11H2,1-6H3;7-9,17H,1-6H3;2*1H;/q;-1;;;+3/p-2/b22-14+;;;;. The van der Waals surface area contributed by atoms with E-state index < -0.39 is 0 Å². The molecule has 0 heterocycles. The third kappa shape index (κ3) is 12.1. The Balaban J connectivity index is 0.000000806. The molecule has 1 fully saturated rings. The summed E-state index contributed by atoms with van der Waals surface area (Å²) in [4.78, 5) is 4.78. The van der Waals surface area contributed by atoms with Crippen LogP contribution in [0.2, 0.25) is 0 Å². The van der Waals surface area contributed by atoms with Gasteiger partial charge in [-0.3, -0.25) is 4.99 Å². The van der Waals surface area contributed by atoms with Crippen molar-refractivity contribution in [3.05, 3.63) is 57.6 Å². The summed E-state index contributed by atoms with van der Waals surface area (Å²) in [5.74, 6) is 0.712. The van der Waals surface area contributed by atoms with E-state index in [1.54, 1.807) is 6.21 Å². The van der Waals surface area contributed by atoms with Crippen LogP contribution in [0.3, 0.4) is 0 Å². The van der Waals surface area contributed by atoms with E-state index in [4.69, 9.17) is 4.99 Å². The van der Waals surface area contributed by atoms with Gasteiger partial charge in [-0.25, -0.2) is 0 Å². The molecule has 7 heteroatoms. The van der Waals surface area contributed by atoms with E-state index in [2.05, 4.69) is 122 Å². The molecule has 0 atom stereocenters. The molecule has 2 aromatic rings. The predicted molar refractivity (Wildman–Crippen MR) is 173 cm³/mol. The first-order valence-corrected chi connectivity index (χ1v) is 15.6. The maximum Gasteiger partial charge on any atom is -1.00 e. The summed E-state index contributed by atoms with van der Waals surface area (Å²) in [5, 5.41) is 21.1. The molecule has 4 nitrogen and oxygen atoms in total. The molecule has 0 saturated heterocycles. The maximum atomic E-state index is 10.8. The Bertz CT molecular complexity index is 1240. The van der Waals surface area contributed by atoms with Crippen LogP contribution in [0.5, 0.6) is 11.5 Å². The summed E-state index contributed by atoms with van der Waals surface area (Å²) >= 11 is 3.03. The second kappa shape index (κ2) is 16.2. The van der Waals surface area contributed by atoms with Crippen molar-refractivity contribution in [2.45, 2.75) is 143 Å². The van der Waals surface area contributed by atoms with Crippen LogP contribution < -0.4 is 24.8 Å². The second-order valence-corrected chi connectivity index (χ2v) is 16.0. The summed E-state index contributed by atoms with van der Waals surface area (Å²) in [7, 11) is 0. The predicted octanol–water partition coefficient (Wildman–Crippen LogP) is 3.61. The molecule has 1 saturated carbocycles. The van der Waals surface area contributed by atoms with Gasteiger partial charge in [0.2, 0.25) is 0 Å². The van der Waals surface area contributed by atoms with Gasteiger partial charge < -0.3 is 29.9 Å². The Morgan fingerprint density at radius 2 is 0.977 bits per heavy atom. The molecule has 0 radical (unpaired) electrons. The van der Waals surface area contributed by atoms with Crippen LogP contribution >= 0.6 is 0 Å². The monoisotopic (exact) mass is 672 g/mol. The molecule has 1 aliphatic rings. The normalized spacial score (nSPS) is 15.1. The molecule has 0 aromatic heterocycles. The number of hydrogen-bond donors (Lipinski definition) is 2. The third-order valence-corrected chi connectivity index (χ3v) is 7.97. The van der Waals surface area contributed by atoms with Gasteiger partial charge in [0.1, 0.15) is 5.75 Å². The SMILES string of the molecule is CC(C)(C)c1cc(/C=N/C2CCCCC2)c(O)c(C(C)(C)C)c1.CC(C)(C)c1cc(C=[N][Mn+2])c(O)c(C(C)(C)C)c1.[Cl-].[Cl-]. The third-order valence-electron chi connectivity index (χ3n) is 7.81. The zero-order chi connectivity index (χ0) is 31.4. The fourth-order valence-electron chi connectivity index (χ4n) is 4.99. The topological polar surface area (TPSA) is 65.2 Å². The van der Waals surface area contributed by atoms with Crippen molar-refractivity contribution in [3.63, 3.8) is 0 Å². The number of phenolic OH excluding ortho intramolecular Hbond substituents is 2. The molecule has 43 heavy (non-hydrogen) atoms. The number of aromatic hydroxyl groups is 2. The number of nitrogens with zero attached hydrogens (tertiary/aromatic N) is 2. The number of hydrogen-bond acceptors (Lipinski definition) is 4. The van der Waals surface area contributed by atoms with Gasteiger partial charge in [-0.15, -0.1) is 0 Å². The van der Waals surface area contributed by atoms with E-state index in [0.29, 0.717) is 17.5 Å². The van der Waals surface area contributed by atoms with Crippen molar-refractivity contribution in [3.8, 4) is 11.5 Å². The Morgan fingerprint density at radius 3 is 1.30 bits per heavy atom. The molecule has 0 unspecified atom stereocenters. The Morgan fingerprint density at radius 1 is 0.605 bits per heavy atom. The van der Waals surface area contributed by atoms with Crippen LogP contribution in [0.25, 0.3) is 0 Å². The quantitative estimate of drug-likeness (QED) is 0.387. The van der Waals surface area contributed by atoms with Gasteiger partial charge >= 0.3 is 119 Å². The molecule has 1 aliphatic carbocycles. The summed E-state index contributed by atoms with van der Waals surface area (Å²) < 4.78 is 3.84. The van der Waals surface area contributed by atoms with Crippen molar-refractivity contribution in [2.75, 3.05) is 0 Å². The van der Waals surface area contributed by atoms with Crippen molar-refractivity contribution in [2.24, 2.45) is 9.00 Å². The van der Waals surface area contributed by atoms with Crippen LogP contribution in [0.1, 0.15) is 149 Å². The van der Waals surface area contributed by atoms with Crippen molar-refractivity contribution in [1.29, 1.82) is 0 Å². The zero-order valence-electron chi connectivity index (χ0n) is 28.5. The van der Waals surface area contributed by atoms with Crippen LogP contribution in [0, 0.1) is 0 Å². The van der Waals surface area contributed by atoms with Crippen molar-refractivity contribution in [1.82, 2.24) is 0 Å². The fraction of sp³-hybridized carbons (Fsp3) is 0.611. The van der Waals surface area contributed by atoms with Gasteiger partial charge in [-0.2, -0.15) is 0 Å². The van der Waals surface area contributed by atoms with Crippen LogP contribution in [0.4, 0.5) is 0 Å². The molecule has 0 spiro atoms. The van der Waals surface area contributed by atoms with E-state index in [-0.39, 0.29) is 46.5 Å². The average molecular weight is 674 g/mol. The van der Waals surface area contributed by atoms with E-state index in [0.717, 1.165) is 22.3 Å². The van der Waals surface area contributed by atoms with Gasteiger partial charge in [0.05, 0.1) is 0 Å². The smallest absolute Gasteiger partial charge is 1.00 e. The minimum Gasteiger partial charge on any atom is -1.00 e. The number of rotatable bonds is 3. The zero-order valence-corrected chi connectivity index (χ0v) is 31.2. The Kier molecular flexibility index (Phi) is 15.6. The van der Waals surface area contributed by atoms with Crippen LogP contribution in [0.15, 0.2) is 33.3 Å². The van der Waals surface area contributed by atoms with Gasteiger partial charge in [0.15, 0.2) is 0 Å². The largest absolute Gasteiger partial charge is 1.00 e. The molecule has 0 bridgehead atoms. The van der Waals surface area contributed by atoms with E-state index >= 15 is 0 Å². The van der Waals surface area contributed by atoms with Crippen molar-refractivity contribution >= 4 is 12.4 Å². The summed E-state index contributed by atoms with van der Waals surface area (Å²) in [6.45, 7) is 25.9. The fourth-order valence-corrected chi connectivity index (χ4v) is 5.15. The molecule has 3 rings (SSSR count). The van der Waals surface area contributed by atoms with Crippen LogP contribution in [-0.4, -0.2) is 28.7 Å². The number of benzene rings is 2. The number of phenols is 2. The summed E-state index contributed by atoms with van der Waals surface area (Å²) in [6.07, 6.45) is 9.82. The molecule has 2 aromatic carbocycles. The first-order chi connectivity index (χ1) is 18.7. The molecular formula is C36H55Cl2MnN2O2. The van der Waals surface area contributed by atoms with Gasteiger partial charge in [-0.1, -0.05) is 66.9 Å². The second-order valence-electron chi connectivity index (χ2n) is 15.7. The number of halogens is 2. The number of aliphatic imine (C=N–C) groups is 1. The van der Waals surface area contributed by atoms with Gasteiger partial charge in [-0.05, 0) is 35.3 Å². The van der Waals surface area contributed by atoms with E-state index in [1.807, 2.05) is 12.3 Å². The first kappa shape index (κ1) is 41.5. The molecular weight excluding hydrogens is 618 g/mol. The minimum absolute atomic E-state index is 0. The first-order valence-electron chi connectivity index (χ1n) is 15.1. The van der Waals surface area contributed by atoms with Crippen molar-refractivity contribution < 1.29 is 51.3 Å². The molecule has 0 amide bonds. The van der Waals surface area contributed by atoms with Crippen LogP contribution in [-0.2, 0) is 37.9 Å². The van der Waals surface area contributed by atoms with E-state index in [9.17, 15) is 10.2 Å². The van der Waals surface area contributed by atoms with Gasteiger partial charge in [0.25, 0.3) is 0 Å². The minimum atomic E-state index is -0.0970. The molecule has 242 valence electrons.